The average molecular weight is 399 g/mol. The van der Waals surface area contributed by atoms with Crippen LogP contribution in [0, 0.1) is 11.8 Å². The zero-order valence-corrected chi connectivity index (χ0v) is 18.6. The number of imide groups is 1. The summed E-state index contributed by atoms with van der Waals surface area (Å²) in [7, 11) is 0. The fourth-order valence-corrected chi connectivity index (χ4v) is 3.14. The summed E-state index contributed by atoms with van der Waals surface area (Å²) >= 11 is 0. The molecule has 1 rings (SSSR count). The molecular weight excluding hydrogens is 364 g/mol. The molecule has 1 saturated heterocycles. The van der Waals surface area contributed by atoms with Crippen LogP contribution in [-0.4, -0.2) is 51.6 Å². The van der Waals surface area contributed by atoms with Crippen molar-refractivity contribution in [3.63, 3.8) is 0 Å². The first kappa shape index (κ1) is 23.9. The molecule has 0 aliphatic carbocycles. The number of alkyl carbamates (subject to hydrolysis) is 1. The first-order chi connectivity index (χ1) is 12.4. The molecule has 8 nitrogen and oxygen atoms in total. The quantitative estimate of drug-likeness (QED) is 0.732. The Labute approximate surface area is 167 Å². The van der Waals surface area contributed by atoms with Crippen LogP contribution in [0.1, 0.15) is 69.2 Å². The molecule has 1 aliphatic rings. The Kier molecular flexibility index (Phi) is 6.59. The molecule has 0 aromatic rings. The van der Waals surface area contributed by atoms with E-state index < -0.39 is 52.6 Å². The van der Waals surface area contributed by atoms with Gasteiger partial charge in [0.05, 0.1) is 0 Å². The number of Topliss-reactive ketones (excluding diaryl/α,β-unsaturated/α-hetero) is 1. The highest BCUT2D eigenvalue weighted by atomic mass is 16.6. The highest BCUT2D eigenvalue weighted by molar-refractivity contribution is 6.24. The number of carbonyl (C=O) groups is 4. The highest BCUT2D eigenvalue weighted by Gasteiger charge is 2.64. The van der Waals surface area contributed by atoms with Gasteiger partial charge in [-0.1, -0.05) is 27.7 Å². The normalized spacial score (nSPS) is 23.4. The number of ketones is 1. The van der Waals surface area contributed by atoms with E-state index in [-0.39, 0.29) is 5.92 Å². The largest absolute Gasteiger partial charge is 0.444 e. The number of amides is 3. The molecule has 0 spiro atoms. The van der Waals surface area contributed by atoms with Gasteiger partial charge in [0, 0.05) is 0 Å². The van der Waals surface area contributed by atoms with Gasteiger partial charge < -0.3 is 9.47 Å². The molecule has 0 aromatic heterocycles. The summed E-state index contributed by atoms with van der Waals surface area (Å²) in [5, 5.41) is 2.47. The maximum Gasteiger partial charge on any atom is 0.417 e. The topological polar surface area (TPSA) is 102 Å². The third-order valence-corrected chi connectivity index (χ3v) is 4.28. The molecule has 3 amide bonds. The van der Waals surface area contributed by atoms with E-state index in [4.69, 9.17) is 9.47 Å². The summed E-state index contributed by atoms with van der Waals surface area (Å²) in [6.07, 6.45) is -1.80. The Morgan fingerprint density at radius 2 is 1.43 bits per heavy atom. The molecule has 1 aliphatic heterocycles. The van der Waals surface area contributed by atoms with E-state index in [1.165, 1.54) is 0 Å². The van der Waals surface area contributed by atoms with Gasteiger partial charge in [0.15, 0.2) is 11.3 Å². The van der Waals surface area contributed by atoms with Crippen molar-refractivity contribution in [2.75, 3.05) is 0 Å². The van der Waals surface area contributed by atoms with E-state index in [9.17, 15) is 19.2 Å². The Hall–Kier alpha value is -2.12. The molecule has 0 unspecified atom stereocenters. The Morgan fingerprint density at radius 3 is 1.79 bits per heavy atom. The van der Waals surface area contributed by atoms with Crippen LogP contribution < -0.4 is 5.32 Å². The number of ether oxygens (including phenoxy) is 2. The molecule has 28 heavy (non-hydrogen) atoms. The summed E-state index contributed by atoms with van der Waals surface area (Å²) in [5.74, 6) is -2.30. The third-order valence-electron chi connectivity index (χ3n) is 4.28. The van der Waals surface area contributed by atoms with Crippen molar-refractivity contribution in [1.82, 2.24) is 10.2 Å². The lowest BCUT2D eigenvalue weighted by Gasteiger charge is -2.32. The summed E-state index contributed by atoms with van der Waals surface area (Å²) in [6.45, 7) is 16.8. The van der Waals surface area contributed by atoms with Crippen molar-refractivity contribution < 1.29 is 28.7 Å². The molecule has 1 fully saturated rings. The monoisotopic (exact) mass is 398 g/mol. The zero-order chi connectivity index (χ0) is 22.2. The van der Waals surface area contributed by atoms with Crippen molar-refractivity contribution in [3.8, 4) is 0 Å². The Morgan fingerprint density at radius 1 is 0.964 bits per heavy atom. The van der Waals surface area contributed by atoms with Gasteiger partial charge in [-0.05, 0) is 53.4 Å². The Balaban J connectivity index is 3.42. The highest BCUT2D eigenvalue weighted by Crippen LogP contribution is 2.36. The second-order valence-corrected chi connectivity index (χ2v) is 9.80. The van der Waals surface area contributed by atoms with Crippen LogP contribution in [0.15, 0.2) is 0 Å². The minimum Gasteiger partial charge on any atom is -0.444 e. The molecule has 2 atom stereocenters. The van der Waals surface area contributed by atoms with Gasteiger partial charge in [0.25, 0.3) is 5.91 Å². The Bertz CT molecular complexity index is 657. The fourth-order valence-electron chi connectivity index (χ4n) is 3.14. The van der Waals surface area contributed by atoms with E-state index in [0.29, 0.717) is 0 Å². The van der Waals surface area contributed by atoms with Gasteiger partial charge in [-0.3, -0.25) is 14.9 Å². The molecule has 1 N–H and O–H groups in total. The molecule has 0 radical (unpaired) electrons. The second-order valence-electron chi connectivity index (χ2n) is 9.80. The number of carbonyl (C=O) groups excluding carboxylic acids is 4. The van der Waals surface area contributed by atoms with Gasteiger partial charge in [0.1, 0.15) is 17.2 Å². The van der Waals surface area contributed by atoms with E-state index >= 15 is 0 Å². The van der Waals surface area contributed by atoms with E-state index in [2.05, 4.69) is 5.32 Å². The molecule has 0 aromatic carbocycles. The van der Waals surface area contributed by atoms with Crippen LogP contribution in [-0.2, 0) is 19.1 Å². The summed E-state index contributed by atoms with van der Waals surface area (Å²) in [4.78, 5) is 52.7. The predicted octanol–water partition coefficient (Wildman–Crippen LogP) is 3.28. The SMILES string of the molecule is CC(C)[C@@H]1C(=O)[C@](NC(=O)OC(C)(C)C)(C(C)C)C(=O)N1C(=O)OC(C)(C)C. The maximum absolute atomic E-state index is 13.4. The molecule has 0 saturated carbocycles. The van der Waals surface area contributed by atoms with Gasteiger partial charge in [0.2, 0.25) is 0 Å². The van der Waals surface area contributed by atoms with Crippen LogP contribution >= 0.6 is 0 Å². The maximum atomic E-state index is 13.4. The lowest BCUT2D eigenvalue weighted by molar-refractivity contribution is -0.137. The van der Waals surface area contributed by atoms with Crippen LogP contribution in [0.3, 0.4) is 0 Å². The third kappa shape index (κ3) is 4.83. The van der Waals surface area contributed by atoms with Crippen molar-refractivity contribution in [2.24, 2.45) is 11.8 Å². The van der Waals surface area contributed by atoms with Crippen molar-refractivity contribution in [2.45, 2.75) is 92.0 Å². The first-order valence-corrected chi connectivity index (χ1v) is 9.56. The van der Waals surface area contributed by atoms with Gasteiger partial charge in [-0.2, -0.15) is 0 Å². The first-order valence-electron chi connectivity index (χ1n) is 9.56. The number of nitrogens with zero attached hydrogens (tertiary/aromatic N) is 1. The smallest absolute Gasteiger partial charge is 0.417 e. The molecule has 160 valence electrons. The van der Waals surface area contributed by atoms with E-state index in [1.807, 2.05) is 0 Å². The zero-order valence-electron chi connectivity index (χ0n) is 18.6. The van der Waals surface area contributed by atoms with Crippen molar-refractivity contribution in [1.29, 1.82) is 0 Å². The average Bonchev–Trinajstić information content (AvgIpc) is 2.65. The summed E-state index contributed by atoms with van der Waals surface area (Å²) < 4.78 is 10.6. The minimum absolute atomic E-state index is 0.356. The molecule has 8 heteroatoms. The number of hydrogen-bond acceptors (Lipinski definition) is 6. The molecular formula is C20H34N2O6. The minimum atomic E-state index is -1.89. The number of rotatable bonds is 3. The standard InChI is InChI=1S/C20H34N2O6/c1-11(2)13-14(23)20(12(3)4,21-16(25)27-18(5,6)7)15(24)22(13)17(26)28-19(8,9)10/h11-13H,1-10H3,(H,21,25)/t13-,20-/m1/s1. The fraction of sp³-hybridized carbons (Fsp3) is 0.800. The molecule has 1 heterocycles. The number of hydrogen-bond donors (Lipinski definition) is 1. The van der Waals surface area contributed by atoms with Crippen molar-refractivity contribution >= 4 is 23.9 Å². The van der Waals surface area contributed by atoms with Crippen molar-refractivity contribution in [3.05, 3.63) is 0 Å². The van der Waals surface area contributed by atoms with Crippen LogP contribution in [0.4, 0.5) is 9.59 Å². The predicted molar refractivity (Wildman–Crippen MR) is 104 cm³/mol. The lowest BCUT2D eigenvalue weighted by atomic mass is 9.80. The van der Waals surface area contributed by atoms with Gasteiger partial charge >= 0.3 is 12.2 Å². The van der Waals surface area contributed by atoms with Crippen LogP contribution in [0.5, 0.6) is 0 Å². The summed E-state index contributed by atoms with van der Waals surface area (Å²) in [6, 6.07) is -1.04. The van der Waals surface area contributed by atoms with E-state index in [0.717, 1.165) is 4.90 Å². The van der Waals surface area contributed by atoms with E-state index in [1.54, 1.807) is 69.2 Å². The number of nitrogens with one attached hydrogen (secondary N) is 1. The lowest BCUT2D eigenvalue weighted by Crippen LogP contribution is -2.62. The summed E-state index contributed by atoms with van der Waals surface area (Å²) in [5.41, 5.74) is -3.55. The van der Waals surface area contributed by atoms with Gasteiger partial charge in [-0.25, -0.2) is 14.5 Å². The molecule has 0 bridgehead atoms. The van der Waals surface area contributed by atoms with Crippen LogP contribution in [0.25, 0.3) is 0 Å². The van der Waals surface area contributed by atoms with Gasteiger partial charge in [-0.15, -0.1) is 0 Å². The second kappa shape index (κ2) is 7.72. The number of likely N-dealkylation sites (tertiary alicyclic amines) is 1. The van der Waals surface area contributed by atoms with Crippen LogP contribution in [0.2, 0.25) is 0 Å².